The van der Waals surface area contributed by atoms with Crippen molar-refractivity contribution >= 4 is 32.2 Å². The standard InChI is InChI=1S/C21H27N3O5S2/c1-15-12-21(31(28,29)23-17-6-4-3-5-7-17)19(13-20(15)24(25)26)22-14-16-8-10-18(11-9-16)30(2)27/h8-13,17,22-23H,3-7,14H2,1-2H3. The quantitative estimate of drug-likeness (QED) is 0.451. The monoisotopic (exact) mass is 465 g/mol. The fourth-order valence-corrected chi connectivity index (χ4v) is 5.80. The number of benzene rings is 2. The van der Waals surface area contributed by atoms with E-state index < -0.39 is 25.7 Å². The highest BCUT2D eigenvalue weighted by Crippen LogP contribution is 2.31. The van der Waals surface area contributed by atoms with Crippen LogP contribution in [0.5, 0.6) is 0 Å². The van der Waals surface area contributed by atoms with E-state index in [2.05, 4.69) is 10.0 Å². The largest absolute Gasteiger partial charge is 0.380 e. The third-order valence-electron chi connectivity index (χ3n) is 5.45. The maximum absolute atomic E-state index is 13.1. The number of nitro groups is 1. The second-order valence-electron chi connectivity index (χ2n) is 7.80. The van der Waals surface area contributed by atoms with Crippen LogP contribution in [0.3, 0.4) is 0 Å². The summed E-state index contributed by atoms with van der Waals surface area (Å²) in [6.45, 7) is 1.80. The van der Waals surface area contributed by atoms with E-state index in [1.807, 2.05) is 0 Å². The smallest absolute Gasteiger partial charge is 0.274 e. The molecule has 31 heavy (non-hydrogen) atoms. The van der Waals surface area contributed by atoms with Crippen LogP contribution in [0.15, 0.2) is 46.2 Å². The average Bonchev–Trinajstić information content (AvgIpc) is 2.73. The van der Waals surface area contributed by atoms with Crippen LogP contribution in [0, 0.1) is 17.0 Å². The maximum atomic E-state index is 13.1. The summed E-state index contributed by atoms with van der Waals surface area (Å²) in [5, 5.41) is 14.5. The van der Waals surface area contributed by atoms with Gasteiger partial charge in [0.05, 0.1) is 10.6 Å². The molecule has 10 heteroatoms. The molecule has 2 aromatic carbocycles. The predicted molar refractivity (Wildman–Crippen MR) is 121 cm³/mol. The lowest BCUT2D eigenvalue weighted by molar-refractivity contribution is -0.385. The van der Waals surface area contributed by atoms with E-state index in [-0.39, 0.29) is 34.4 Å². The summed E-state index contributed by atoms with van der Waals surface area (Å²) in [5.41, 5.74) is 1.16. The zero-order valence-corrected chi connectivity index (χ0v) is 19.2. The van der Waals surface area contributed by atoms with Crippen molar-refractivity contribution in [3.05, 3.63) is 57.6 Å². The van der Waals surface area contributed by atoms with Gasteiger partial charge in [0.1, 0.15) is 4.90 Å². The molecule has 0 heterocycles. The molecule has 1 aliphatic carbocycles. The lowest BCUT2D eigenvalue weighted by Gasteiger charge is -2.23. The highest BCUT2D eigenvalue weighted by atomic mass is 32.2. The van der Waals surface area contributed by atoms with Gasteiger partial charge in [-0.25, -0.2) is 13.1 Å². The molecule has 1 atom stereocenters. The van der Waals surface area contributed by atoms with Crippen molar-refractivity contribution in [1.29, 1.82) is 0 Å². The molecule has 0 radical (unpaired) electrons. The minimum absolute atomic E-state index is 0.00690. The number of nitrogens with one attached hydrogen (secondary N) is 2. The third-order valence-corrected chi connectivity index (χ3v) is 7.95. The van der Waals surface area contributed by atoms with Crippen molar-refractivity contribution in [2.75, 3.05) is 11.6 Å². The molecule has 2 aromatic rings. The van der Waals surface area contributed by atoms with Crippen LogP contribution in [0.4, 0.5) is 11.4 Å². The average molecular weight is 466 g/mol. The summed E-state index contributed by atoms with van der Waals surface area (Å²) in [6, 6.07) is 9.58. The van der Waals surface area contributed by atoms with Gasteiger partial charge in [-0.1, -0.05) is 31.4 Å². The highest BCUT2D eigenvalue weighted by Gasteiger charge is 2.27. The van der Waals surface area contributed by atoms with Crippen LogP contribution in [-0.4, -0.2) is 29.8 Å². The Hall–Kier alpha value is -2.30. The molecule has 0 bridgehead atoms. The fourth-order valence-electron chi connectivity index (χ4n) is 3.73. The lowest BCUT2D eigenvalue weighted by atomic mass is 9.96. The van der Waals surface area contributed by atoms with Crippen molar-refractivity contribution < 1.29 is 17.6 Å². The molecular formula is C21H27N3O5S2. The molecule has 1 unspecified atom stereocenters. The van der Waals surface area contributed by atoms with Gasteiger partial charge < -0.3 is 5.32 Å². The van der Waals surface area contributed by atoms with Crippen molar-refractivity contribution in [2.45, 2.75) is 61.4 Å². The molecule has 3 rings (SSSR count). The molecule has 0 aromatic heterocycles. The van der Waals surface area contributed by atoms with Crippen molar-refractivity contribution in [3.63, 3.8) is 0 Å². The third kappa shape index (κ3) is 5.90. The van der Waals surface area contributed by atoms with Gasteiger partial charge in [-0.2, -0.15) is 0 Å². The van der Waals surface area contributed by atoms with Crippen molar-refractivity contribution in [1.82, 2.24) is 4.72 Å². The molecule has 8 nitrogen and oxygen atoms in total. The number of hydrogen-bond acceptors (Lipinski definition) is 6. The van der Waals surface area contributed by atoms with Crippen LogP contribution < -0.4 is 10.0 Å². The Kier molecular flexibility index (Phi) is 7.45. The minimum atomic E-state index is -3.85. The van der Waals surface area contributed by atoms with E-state index in [0.29, 0.717) is 4.90 Å². The summed E-state index contributed by atoms with van der Waals surface area (Å²) in [5.74, 6) is 0. The molecule has 2 N–H and O–H groups in total. The van der Waals surface area contributed by atoms with E-state index in [0.717, 1.165) is 37.7 Å². The zero-order chi connectivity index (χ0) is 22.6. The SMILES string of the molecule is Cc1cc(S(=O)(=O)NC2CCCCC2)c(NCc2ccc(S(C)=O)cc2)cc1[N+](=O)[O-]. The van der Waals surface area contributed by atoms with Gasteiger partial charge in [0.15, 0.2) is 0 Å². The van der Waals surface area contributed by atoms with E-state index in [1.54, 1.807) is 30.5 Å². The topological polar surface area (TPSA) is 118 Å². The number of sulfonamides is 1. The first kappa shape index (κ1) is 23.4. The number of nitrogens with zero attached hydrogens (tertiary/aromatic N) is 1. The Morgan fingerprint density at radius 2 is 1.77 bits per heavy atom. The van der Waals surface area contributed by atoms with Crippen LogP contribution in [0.1, 0.15) is 43.2 Å². The van der Waals surface area contributed by atoms with Gasteiger partial charge in [-0.3, -0.25) is 14.3 Å². The van der Waals surface area contributed by atoms with Gasteiger partial charge >= 0.3 is 0 Å². The van der Waals surface area contributed by atoms with E-state index >= 15 is 0 Å². The Morgan fingerprint density at radius 1 is 1.13 bits per heavy atom. The highest BCUT2D eigenvalue weighted by molar-refractivity contribution is 7.89. The molecule has 1 fully saturated rings. The number of nitro benzene ring substituents is 1. The number of rotatable bonds is 8. The van der Waals surface area contributed by atoms with Crippen LogP contribution in [0.2, 0.25) is 0 Å². The van der Waals surface area contributed by atoms with Gasteiger partial charge in [-0.05, 0) is 43.5 Å². The summed E-state index contributed by atoms with van der Waals surface area (Å²) in [4.78, 5) is 11.6. The van der Waals surface area contributed by atoms with Gasteiger partial charge in [0, 0.05) is 46.2 Å². The molecule has 0 amide bonds. The molecule has 0 spiro atoms. The summed E-state index contributed by atoms with van der Waals surface area (Å²) in [6.07, 6.45) is 6.24. The van der Waals surface area contributed by atoms with E-state index in [9.17, 15) is 22.7 Å². The Labute approximate surface area is 185 Å². The molecule has 0 aliphatic heterocycles. The molecule has 1 saturated carbocycles. The van der Waals surface area contributed by atoms with Gasteiger partial charge in [0.2, 0.25) is 10.0 Å². The Morgan fingerprint density at radius 3 is 2.35 bits per heavy atom. The second kappa shape index (κ2) is 9.88. The number of anilines is 1. The first-order valence-corrected chi connectivity index (χ1v) is 13.2. The summed E-state index contributed by atoms with van der Waals surface area (Å²) in [7, 11) is -4.94. The zero-order valence-electron chi connectivity index (χ0n) is 17.6. The Bertz CT molecular complexity index is 1080. The van der Waals surface area contributed by atoms with Gasteiger partial charge in [0.25, 0.3) is 5.69 Å². The first-order valence-electron chi connectivity index (χ1n) is 10.1. The van der Waals surface area contributed by atoms with Crippen LogP contribution >= 0.6 is 0 Å². The lowest BCUT2D eigenvalue weighted by Crippen LogP contribution is -2.36. The first-order chi connectivity index (χ1) is 14.7. The molecule has 168 valence electrons. The van der Waals surface area contributed by atoms with E-state index in [4.69, 9.17) is 0 Å². The summed E-state index contributed by atoms with van der Waals surface area (Å²) >= 11 is 0. The molecule has 1 aliphatic rings. The molecule has 0 saturated heterocycles. The maximum Gasteiger partial charge on any atom is 0.274 e. The minimum Gasteiger partial charge on any atom is -0.380 e. The predicted octanol–water partition coefficient (Wildman–Crippen LogP) is 3.86. The molecular weight excluding hydrogens is 438 g/mol. The van der Waals surface area contributed by atoms with Crippen LogP contribution in [0.25, 0.3) is 0 Å². The van der Waals surface area contributed by atoms with Gasteiger partial charge in [-0.15, -0.1) is 0 Å². The fraction of sp³-hybridized carbons (Fsp3) is 0.429. The number of aryl methyl sites for hydroxylation is 1. The normalized spacial score (nSPS) is 16.1. The second-order valence-corrected chi connectivity index (χ2v) is 10.9. The van der Waals surface area contributed by atoms with Crippen molar-refractivity contribution in [2.24, 2.45) is 0 Å². The van der Waals surface area contributed by atoms with E-state index in [1.165, 1.54) is 19.1 Å². The van der Waals surface area contributed by atoms with Crippen LogP contribution in [-0.2, 0) is 27.4 Å². The van der Waals surface area contributed by atoms with Crippen molar-refractivity contribution in [3.8, 4) is 0 Å². The number of hydrogen-bond donors (Lipinski definition) is 2. The Balaban J connectivity index is 1.90. The summed E-state index contributed by atoms with van der Waals surface area (Å²) < 4.78 is 40.6.